The normalized spacial score (nSPS) is 12.3. The number of rotatable bonds is 5. The number of nitro benzene ring substituents is 1. The first-order chi connectivity index (χ1) is 9.47. The van der Waals surface area contributed by atoms with Gasteiger partial charge >= 0.3 is 0 Å². The number of benzene rings is 1. The Hall–Kier alpha value is -2.21. The van der Waals surface area contributed by atoms with Crippen molar-refractivity contribution in [2.75, 3.05) is 0 Å². The van der Waals surface area contributed by atoms with Crippen molar-refractivity contribution in [2.45, 2.75) is 26.4 Å². The minimum Gasteiger partial charge on any atom is -0.306 e. The summed E-state index contributed by atoms with van der Waals surface area (Å²) in [5, 5.41) is 18.4. The number of nitro groups is 1. The van der Waals surface area contributed by atoms with E-state index in [1.807, 2.05) is 33.2 Å². The van der Waals surface area contributed by atoms with E-state index in [4.69, 9.17) is 0 Å². The zero-order chi connectivity index (χ0) is 14.7. The van der Waals surface area contributed by atoms with Crippen molar-refractivity contribution in [3.05, 3.63) is 57.4 Å². The van der Waals surface area contributed by atoms with Crippen molar-refractivity contribution in [3.8, 4) is 0 Å². The third-order valence-corrected chi connectivity index (χ3v) is 3.29. The zero-order valence-electron chi connectivity index (χ0n) is 11.8. The number of hydrogen-bond donors (Lipinski definition) is 1. The fraction of sp³-hybridized carbons (Fsp3) is 0.357. The van der Waals surface area contributed by atoms with Crippen LogP contribution in [0, 0.1) is 17.0 Å². The highest BCUT2D eigenvalue weighted by atomic mass is 16.6. The molecular weight excluding hydrogens is 256 g/mol. The zero-order valence-corrected chi connectivity index (χ0v) is 11.8. The first-order valence-electron chi connectivity index (χ1n) is 6.44. The maximum absolute atomic E-state index is 10.8. The lowest BCUT2D eigenvalue weighted by Crippen LogP contribution is -2.18. The smallest absolute Gasteiger partial charge is 0.269 e. The van der Waals surface area contributed by atoms with Crippen LogP contribution >= 0.6 is 0 Å². The van der Waals surface area contributed by atoms with Crippen LogP contribution in [0.15, 0.2) is 30.5 Å². The van der Waals surface area contributed by atoms with Gasteiger partial charge in [-0.1, -0.05) is 12.1 Å². The Kier molecular flexibility index (Phi) is 4.14. The summed E-state index contributed by atoms with van der Waals surface area (Å²) in [6.45, 7) is 4.64. The van der Waals surface area contributed by atoms with Gasteiger partial charge < -0.3 is 5.32 Å². The van der Waals surface area contributed by atoms with Crippen molar-refractivity contribution in [1.82, 2.24) is 15.1 Å². The van der Waals surface area contributed by atoms with Gasteiger partial charge in [0.1, 0.15) is 0 Å². The van der Waals surface area contributed by atoms with Crippen LogP contribution in [0.25, 0.3) is 0 Å². The molecule has 6 heteroatoms. The van der Waals surface area contributed by atoms with Crippen LogP contribution in [-0.4, -0.2) is 14.7 Å². The molecular formula is C14H18N4O2. The van der Waals surface area contributed by atoms with Crippen LogP contribution in [0.4, 0.5) is 5.69 Å². The van der Waals surface area contributed by atoms with E-state index >= 15 is 0 Å². The first-order valence-corrected chi connectivity index (χ1v) is 6.44. The van der Waals surface area contributed by atoms with Gasteiger partial charge in [0.05, 0.1) is 10.6 Å². The molecule has 1 aromatic carbocycles. The first kappa shape index (κ1) is 14.2. The predicted molar refractivity (Wildman–Crippen MR) is 76.3 cm³/mol. The minimum absolute atomic E-state index is 0.0366. The number of aromatic nitrogens is 2. The highest BCUT2D eigenvalue weighted by Crippen LogP contribution is 2.19. The molecule has 0 spiro atoms. The third kappa shape index (κ3) is 3.21. The molecule has 1 unspecified atom stereocenters. The van der Waals surface area contributed by atoms with E-state index in [1.165, 1.54) is 6.07 Å². The maximum atomic E-state index is 10.8. The van der Waals surface area contributed by atoms with E-state index in [0.717, 1.165) is 16.8 Å². The topological polar surface area (TPSA) is 73.0 Å². The second-order valence-electron chi connectivity index (χ2n) is 4.87. The van der Waals surface area contributed by atoms with Gasteiger partial charge in [0, 0.05) is 43.5 Å². The van der Waals surface area contributed by atoms with E-state index in [0.29, 0.717) is 6.54 Å². The Morgan fingerprint density at radius 1 is 1.50 bits per heavy atom. The Morgan fingerprint density at radius 3 is 2.85 bits per heavy atom. The van der Waals surface area contributed by atoms with Gasteiger partial charge in [0.25, 0.3) is 5.69 Å². The standard InChI is InChI=1S/C14H18N4O2/c1-10(12-5-4-6-14(7-12)18(19)20)15-8-13-9-17(3)16-11(13)2/h4-7,9-10,15H,8H2,1-3H3. The van der Waals surface area contributed by atoms with E-state index in [2.05, 4.69) is 10.4 Å². The van der Waals surface area contributed by atoms with Gasteiger partial charge in [-0.3, -0.25) is 14.8 Å². The lowest BCUT2D eigenvalue weighted by Gasteiger charge is -2.13. The molecule has 1 heterocycles. The van der Waals surface area contributed by atoms with Crippen LogP contribution < -0.4 is 5.32 Å². The van der Waals surface area contributed by atoms with Crippen molar-refractivity contribution >= 4 is 5.69 Å². The van der Waals surface area contributed by atoms with Crippen LogP contribution in [-0.2, 0) is 13.6 Å². The molecule has 106 valence electrons. The molecule has 20 heavy (non-hydrogen) atoms. The Labute approximate surface area is 117 Å². The van der Waals surface area contributed by atoms with Gasteiger partial charge in [-0.25, -0.2) is 0 Å². The average molecular weight is 274 g/mol. The fourth-order valence-electron chi connectivity index (χ4n) is 2.11. The number of aryl methyl sites for hydroxylation is 2. The Bertz CT molecular complexity index is 621. The van der Waals surface area contributed by atoms with Crippen molar-refractivity contribution < 1.29 is 4.92 Å². The summed E-state index contributed by atoms with van der Waals surface area (Å²) in [5.74, 6) is 0. The molecule has 1 aromatic heterocycles. The SMILES string of the molecule is Cc1nn(C)cc1CNC(C)c1cccc([N+](=O)[O-])c1. The molecule has 1 atom stereocenters. The van der Waals surface area contributed by atoms with Crippen molar-refractivity contribution in [2.24, 2.45) is 7.05 Å². The third-order valence-electron chi connectivity index (χ3n) is 3.29. The summed E-state index contributed by atoms with van der Waals surface area (Å²) >= 11 is 0. The number of non-ortho nitro benzene ring substituents is 1. The molecule has 1 N–H and O–H groups in total. The summed E-state index contributed by atoms with van der Waals surface area (Å²) in [6, 6.07) is 6.74. The van der Waals surface area contributed by atoms with Crippen LogP contribution in [0.2, 0.25) is 0 Å². The van der Waals surface area contributed by atoms with E-state index in [1.54, 1.807) is 16.8 Å². The number of hydrogen-bond acceptors (Lipinski definition) is 4. The maximum Gasteiger partial charge on any atom is 0.269 e. The summed E-state index contributed by atoms with van der Waals surface area (Å²) in [4.78, 5) is 10.4. The molecule has 2 rings (SSSR count). The lowest BCUT2D eigenvalue weighted by molar-refractivity contribution is -0.384. The van der Waals surface area contributed by atoms with Gasteiger partial charge in [0.2, 0.25) is 0 Å². The summed E-state index contributed by atoms with van der Waals surface area (Å²) in [7, 11) is 1.89. The molecule has 0 bridgehead atoms. The molecule has 0 aliphatic rings. The molecule has 0 saturated heterocycles. The van der Waals surface area contributed by atoms with Gasteiger partial charge in [0.15, 0.2) is 0 Å². The van der Waals surface area contributed by atoms with Crippen molar-refractivity contribution in [3.63, 3.8) is 0 Å². The molecule has 0 aliphatic heterocycles. The second kappa shape index (κ2) is 5.83. The quantitative estimate of drug-likeness (QED) is 0.671. The summed E-state index contributed by atoms with van der Waals surface area (Å²) < 4.78 is 1.78. The van der Waals surface area contributed by atoms with E-state index in [9.17, 15) is 10.1 Å². The molecule has 0 radical (unpaired) electrons. The molecule has 0 saturated carbocycles. The van der Waals surface area contributed by atoms with Gasteiger partial charge in [-0.05, 0) is 19.4 Å². The highest BCUT2D eigenvalue weighted by Gasteiger charge is 2.11. The summed E-state index contributed by atoms with van der Waals surface area (Å²) in [6.07, 6.45) is 1.97. The monoisotopic (exact) mass is 274 g/mol. The van der Waals surface area contributed by atoms with Crippen molar-refractivity contribution in [1.29, 1.82) is 0 Å². The van der Waals surface area contributed by atoms with Crippen LogP contribution in [0.3, 0.4) is 0 Å². The molecule has 0 amide bonds. The fourth-order valence-corrected chi connectivity index (χ4v) is 2.11. The Balaban J connectivity index is 2.05. The lowest BCUT2D eigenvalue weighted by atomic mass is 10.1. The molecule has 2 aromatic rings. The van der Waals surface area contributed by atoms with Gasteiger partial charge in [-0.15, -0.1) is 0 Å². The predicted octanol–water partition coefficient (Wildman–Crippen LogP) is 2.49. The van der Waals surface area contributed by atoms with E-state index < -0.39 is 0 Å². The Morgan fingerprint density at radius 2 is 2.25 bits per heavy atom. The van der Waals surface area contributed by atoms with Gasteiger partial charge in [-0.2, -0.15) is 5.10 Å². The second-order valence-corrected chi connectivity index (χ2v) is 4.87. The average Bonchev–Trinajstić information content (AvgIpc) is 2.74. The molecule has 0 aliphatic carbocycles. The minimum atomic E-state index is -0.374. The van der Waals surface area contributed by atoms with E-state index in [-0.39, 0.29) is 16.7 Å². The number of nitrogens with one attached hydrogen (secondary N) is 1. The highest BCUT2D eigenvalue weighted by molar-refractivity contribution is 5.35. The largest absolute Gasteiger partial charge is 0.306 e. The van der Waals surface area contributed by atoms with Crippen LogP contribution in [0.5, 0.6) is 0 Å². The number of nitrogens with zero attached hydrogens (tertiary/aromatic N) is 3. The molecule has 6 nitrogen and oxygen atoms in total. The molecule has 0 fully saturated rings. The van der Waals surface area contributed by atoms with Crippen LogP contribution in [0.1, 0.15) is 29.8 Å². The summed E-state index contributed by atoms with van der Waals surface area (Å²) in [5.41, 5.74) is 3.14.